The number of allylic oxidation sites excluding steroid dienone is 1. The van der Waals surface area contributed by atoms with E-state index in [1.807, 2.05) is 6.08 Å². The third kappa shape index (κ3) is 5.80. The summed E-state index contributed by atoms with van der Waals surface area (Å²) in [6, 6.07) is 2.98. The second kappa shape index (κ2) is 10.5. The Morgan fingerprint density at radius 3 is 2.88 bits per heavy atom. The quantitative estimate of drug-likeness (QED) is 0.365. The van der Waals surface area contributed by atoms with Crippen LogP contribution in [0.5, 0.6) is 5.75 Å². The van der Waals surface area contributed by atoms with Gasteiger partial charge in [-0.3, -0.25) is 4.90 Å². The molecule has 1 unspecified atom stereocenters. The van der Waals surface area contributed by atoms with Gasteiger partial charge in [0.15, 0.2) is 0 Å². The maximum Gasteiger partial charge on any atom is 0.419 e. The fourth-order valence-electron chi connectivity index (χ4n) is 3.59. The van der Waals surface area contributed by atoms with Gasteiger partial charge in [-0.25, -0.2) is 4.79 Å². The number of unbranched alkanes of at least 4 members (excludes halogenated alkanes) is 3. The monoisotopic (exact) mass is 453 g/mol. The third-order valence-corrected chi connectivity index (χ3v) is 5.24. The van der Waals surface area contributed by atoms with Crippen molar-refractivity contribution in [2.24, 2.45) is 0 Å². The van der Waals surface area contributed by atoms with Crippen LogP contribution >= 0.6 is 0 Å². The van der Waals surface area contributed by atoms with Crippen molar-refractivity contribution in [1.82, 2.24) is 15.0 Å². The number of benzene rings is 1. The Labute approximate surface area is 183 Å². The van der Waals surface area contributed by atoms with Gasteiger partial charge in [0.1, 0.15) is 18.4 Å². The van der Waals surface area contributed by atoms with Crippen molar-refractivity contribution in [2.45, 2.75) is 57.7 Å². The summed E-state index contributed by atoms with van der Waals surface area (Å²) in [7, 11) is 0. The molecule has 1 atom stereocenters. The van der Waals surface area contributed by atoms with Gasteiger partial charge in [0.05, 0.1) is 5.56 Å². The Hall–Kier alpha value is -3.04. The highest BCUT2D eigenvalue weighted by molar-refractivity contribution is 5.66. The lowest BCUT2D eigenvalue weighted by Gasteiger charge is -2.17. The number of rotatable bonds is 9. The molecule has 1 N–H and O–H groups in total. The van der Waals surface area contributed by atoms with Gasteiger partial charge in [0.25, 0.3) is 0 Å². The molecule has 174 valence electrons. The molecule has 0 spiro atoms. The van der Waals surface area contributed by atoms with Crippen LogP contribution in [0.1, 0.15) is 62.9 Å². The summed E-state index contributed by atoms with van der Waals surface area (Å²) in [5.74, 6) is -0.247. The van der Waals surface area contributed by atoms with Crippen LogP contribution in [0.15, 0.2) is 34.9 Å². The summed E-state index contributed by atoms with van der Waals surface area (Å²) >= 11 is 0. The number of carbonyl (C=O) groups is 1. The van der Waals surface area contributed by atoms with Gasteiger partial charge in [0.2, 0.25) is 11.7 Å². The molecule has 1 aliphatic heterocycles. The van der Waals surface area contributed by atoms with Crippen LogP contribution in [0.3, 0.4) is 0 Å². The predicted octanol–water partition coefficient (Wildman–Crippen LogP) is 6.09. The average Bonchev–Trinajstić information content (AvgIpc) is 3.42. The number of aromatic nitrogens is 2. The average molecular weight is 453 g/mol. The zero-order chi connectivity index (χ0) is 23.1. The summed E-state index contributed by atoms with van der Waals surface area (Å²) in [4.78, 5) is 16.7. The Kier molecular flexibility index (Phi) is 7.76. The maximum atomic E-state index is 13.6. The van der Waals surface area contributed by atoms with Crippen LogP contribution in [0.25, 0.3) is 11.4 Å². The van der Waals surface area contributed by atoms with Gasteiger partial charge in [-0.05, 0) is 43.9 Å². The first-order valence-corrected chi connectivity index (χ1v) is 10.6. The van der Waals surface area contributed by atoms with Crippen molar-refractivity contribution in [2.75, 3.05) is 13.2 Å². The van der Waals surface area contributed by atoms with Crippen LogP contribution in [-0.2, 0) is 6.18 Å². The molecule has 0 bridgehead atoms. The number of hydrogen-bond donors (Lipinski definition) is 1. The number of ether oxygens (including phenoxy) is 1. The van der Waals surface area contributed by atoms with Crippen LogP contribution < -0.4 is 4.74 Å². The highest BCUT2D eigenvalue weighted by Crippen LogP contribution is 2.39. The summed E-state index contributed by atoms with van der Waals surface area (Å²) < 4.78 is 51.4. The Morgan fingerprint density at radius 2 is 2.16 bits per heavy atom. The first kappa shape index (κ1) is 23.6. The normalized spacial score (nSPS) is 16.8. The highest BCUT2D eigenvalue weighted by atomic mass is 19.4. The lowest BCUT2D eigenvalue weighted by molar-refractivity contribution is -0.138. The third-order valence-electron chi connectivity index (χ3n) is 5.24. The van der Waals surface area contributed by atoms with Gasteiger partial charge in [-0.1, -0.05) is 37.1 Å². The highest BCUT2D eigenvalue weighted by Gasteiger charge is 2.36. The van der Waals surface area contributed by atoms with E-state index in [4.69, 9.17) is 9.26 Å². The smallest absolute Gasteiger partial charge is 0.419 e. The van der Waals surface area contributed by atoms with Gasteiger partial charge in [-0.2, -0.15) is 18.2 Å². The van der Waals surface area contributed by atoms with E-state index < -0.39 is 23.9 Å². The van der Waals surface area contributed by atoms with E-state index in [1.54, 1.807) is 6.08 Å². The number of carboxylic acid groups (broad SMARTS) is 1. The zero-order valence-corrected chi connectivity index (χ0v) is 17.8. The molecule has 10 heteroatoms. The summed E-state index contributed by atoms with van der Waals surface area (Å²) in [5, 5.41) is 13.0. The van der Waals surface area contributed by atoms with Crippen molar-refractivity contribution >= 4 is 6.09 Å². The molecule has 7 nitrogen and oxygen atoms in total. The molecule has 1 aliphatic rings. The van der Waals surface area contributed by atoms with E-state index in [0.717, 1.165) is 31.7 Å². The SMILES string of the molecule is CCCCCC=CCOc1ccc(-c2noc(C3CCCN3C(=O)O)n2)cc1C(F)(F)F. The van der Waals surface area contributed by atoms with Gasteiger partial charge >= 0.3 is 12.3 Å². The van der Waals surface area contributed by atoms with E-state index in [0.29, 0.717) is 19.4 Å². The minimum absolute atomic E-state index is 0.0353. The van der Waals surface area contributed by atoms with Crippen LogP contribution in [0, 0.1) is 0 Å². The van der Waals surface area contributed by atoms with E-state index in [9.17, 15) is 23.1 Å². The van der Waals surface area contributed by atoms with E-state index in [-0.39, 0.29) is 29.6 Å². The molecule has 1 fully saturated rings. The van der Waals surface area contributed by atoms with Crippen molar-refractivity contribution in [3.05, 3.63) is 41.8 Å². The van der Waals surface area contributed by atoms with Gasteiger partial charge in [0, 0.05) is 12.1 Å². The lowest BCUT2D eigenvalue weighted by Crippen LogP contribution is -2.28. The molecule has 3 rings (SSSR count). The summed E-state index contributed by atoms with van der Waals surface area (Å²) in [6.45, 7) is 2.48. The molecule has 0 saturated carbocycles. The number of nitrogens with zero attached hydrogens (tertiary/aromatic N) is 3. The molecule has 32 heavy (non-hydrogen) atoms. The molecule has 0 radical (unpaired) electrons. The second-order valence-corrected chi connectivity index (χ2v) is 7.58. The predicted molar refractivity (Wildman–Crippen MR) is 110 cm³/mol. The topological polar surface area (TPSA) is 88.7 Å². The standard InChI is InChI=1S/C22H26F3N3O4/c1-2-3-4-5-6-7-13-31-18-11-10-15(14-16(18)22(23,24)25)19-26-20(32-27-19)17-9-8-12-28(17)21(29)30/h6-7,10-11,14,17H,2-5,8-9,12-13H2,1H3,(H,29,30). The van der Waals surface area contributed by atoms with Crippen molar-refractivity contribution in [3.63, 3.8) is 0 Å². The Morgan fingerprint density at radius 1 is 1.34 bits per heavy atom. The molecule has 1 amide bonds. The maximum absolute atomic E-state index is 13.6. The fourth-order valence-corrected chi connectivity index (χ4v) is 3.59. The molecule has 1 saturated heterocycles. The van der Waals surface area contributed by atoms with Crippen molar-refractivity contribution < 1.29 is 32.3 Å². The number of amides is 1. The first-order valence-electron chi connectivity index (χ1n) is 10.6. The largest absolute Gasteiger partial charge is 0.489 e. The zero-order valence-electron chi connectivity index (χ0n) is 17.8. The van der Waals surface area contributed by atoms with E-state index >= 15 is 0 Å². The molecule has 2 aromatic rings. The van der Waals surface area contributed by atoms with Gasteiger partial charge < -0.3 is 14.4 Å². The van der Waals surface area contributed by atoms with E-state index in [2.05, 4.69) is 17.1 Å². The first-order chi connectivity index (χ1) is 15.3. The summed E-state index contributed by atoms with van der Waals surface area (Å²) in [6.07, 6.45) is 3.15. The summed E-state index contributed by atoms with van der Waals surface area (Å²) in [5.41, 5.74) is -0.830. The van der Waals surface area contributed by atoms with Gasteiger partial charge in [-0.15, -0.1) is 0 Å². The number of likely N-dealkylation sites (tertiary alicyclic amines) is 1. The number of alkyl halides is 3. The molecule has 1 aromatic heterocycles. The molecular formula is C22H26F3N3O4. The lowest BCUT2D eigenvalue weighted by atomic mass is 10.1. The van der Waals surface area contributed by atoms with E-state index in [1.165, 1.54) is 17.0 Å². The van der Waals surface area contributed by atoms with Crippen molar-refractivity contribution in [3.8, 4) is 17.1 Å². The Bertz CT molecular complexity index is 943. The van der Waals surface area contributed by atoms with Crippen molar-refractivity contribution in [1.29, 1.82) is 0 Å². The minimum Gasteiger partial charge on any atom is -0.489 e. The van der Waals surface area contributed by atoms with Crippen LogP contribution in [0.4, 0.5) is 18.0 Å². The Balaban J connectivity index is 1.75. The fraction of sp³-hybridized carbons (Fsp3) is 0.500. The molecule has 1 aromatic carbocycles. The minimum atomic E-state index is -4.63. The second-order valence-electron chi connectivity index (χ2n) is 7.58. The van der Waals surface area contributed by atoms with Crippen LogP contribution in [-0.4, -0.2) is 39.4 Å². The molecular weight excluding hydrogens is 427 g/mol. The van der Waals surface area contributed by atoms with Crippen LogP contribution in [0.2, 0.25) is 0 Å². The number of hydrogen-bond acceptors (Lipinski definition) is 5. The number of halogens is 3. The molecule has 0 aliphatic carbocycles. The molecule has 2 heterocycles.